The maximum Gasteiger partial charge on any atom is 0.0917 e. The minimum absolute atomic E-state index is 0.566. The Morgan fingerprint density at radius 2 is 2.31 bits per heavy atom. The fraction of sp³-hybridized carbons (Fsp3) is 0.600. The molecule has 2 rings (SSSR count). The molecule has 1 unspecified atom stereocenters. The summed E-state index contributed by atoms with van der Waals surface area (Å²) in [5, 5.41) is 17.8. The van der Waals surface area contributed by atoms with Gasteiger partial charge in [-0.15, -0.1) is 0 Å². The van der Waals surface area contributed by atoms with Gasteiger partial charge >= 0.3 is 0 Å². The van der Waals surface area contributed by atoms with Crippen molar-refractivity contribution in [2.24, 2.45) is 0 Å². The van der Waals surface area contributed by atoms with E-state index < -0.39 is 5.60 Å². The summed E-state index contributed by atoms with van der Waals surface area (Å²) in [5.41, 5.74) is 0.532. The summed E-state index contributed by atoms with van der Waals surface area (Å²) in [6, 6.07) is 2.04. The van der Waals surface area contributed by atoms with E-state index in [1.54, 1.807) is 11.3 Å². The van der Waals surface area contributed by atoms with Crippen LogP contribution in [0.5, 0.6) is 0 Å². The van der Waals surface area contributed by atoms with Crippen molar-refractivity contribution in [1.82, 2.24) is 5.32 Å². The predicted molar refractivity (Wildman–Crippen MR) is 54.9 cm³/mol. The van der Waals surface area contributed by atoms with Gasteiger partial charge in [0.05, 0.1) is 5.60 Å². The van der Waals surface area contributed by atoms with Crippen LogP contribution in [0.2, 0.25) is 0 Å². The fourth-order valence-corrected chi connectivity index (χ4v) is 2.62. The van der Waals surface area contributed by atoms with Crippen LogP contribution in [0.4, 0.5) is 0 Å². The topological polar surface area (TPSA) is 32.3 Å². The molecule has 1 fully saturated rings. The Hall–Kier alpha value is -0.380. The molecule has 1 saturated heterocycles. The molecule has 0 radical (unpaired) electrons. The Kier molecular flexibility index (Phi) is 2.67. The molecule has 1 aliphatic rings. The normalized spacial score (nSPS) is 29.9. The van der Waals surface area contributed by atoms with Crippen LogP contribution >= 0.6 is 11.3 Å². The average Bonchev–Trinajstić information content (AvgIpc) is 2.57. The first-order valence-electron chi connectivity index (χ1n) is 4.77. The van der Waals surface area contributed by atoms with Gasteiger partial charge in [0, 0.05) is 0 Å². The summed E-state index contributed by atoms with van der Waals surface area (Å²) < 4.78 is 0. The van der Waals surface area contributed by atoms with Gasteiger partial charge in [-0.2, -0.15) is 11.3 Å². The van der Waals surface area contributed by atoms with E-state index in [2.05, 4.69) is 10.7 Å². The highest BCUT2D eigenvalue weighted by atomic mass is 32.1. The molecule has 0 aliphatic carbocycles. The Morgan fingerprint density at radius 1 is 1.38 bits per heavy atom. The Bertz CT molecular complexity index is 250. The predicted octanol–water partition coefficient (Wildman–Crippen LogP) is 1.71. The number of aliphatic hydroxyl groups is 1. The van der Waals surface area contributed by atoms with Gasteiger partial charge in [-0.05, 0) is 54.7 Å². The molecule has 2 heterocycles. The van der Waals surface area contributed by atoms with Crippen molar-refractivity contribution in [2.45, 2.75) is 24.9 Å². The molecular weight excluding hydrogens is 182 g/mol. The van der Waals surface area contributed by atoms with Crippen LogP contribution in [-0.2, 0) is 5.60 Å². The summed E-state index contributed by atoms with van der Waals surface area (Å²) in [6.45, 7) is 1.96. The van der Waals surface area contributed by atoms with E-state index in [1.165, 1.54) is 0 Å². The highest BCUT2D eigenvalue weighted by molar-refractivity contribution is 7.08. The quantitative estimate of drug-likeness (QED) is 0.718. The minimum atomic E-state index is -0.566. The molecule has 0 bridgehead atoms. The molecule has 1 aliphatic heterocycles. The molecule has 3 heteroatoms. The molecule has 0 amide bonds. The smallest absolute Gasteiger partial charge is 0.0917 e. The molecular formula is C10H15NOS. The molecule has 1 atom stereocenters. The fourth-order valence-electron chi connectivity index (χ4n) is 1.87. The van der Waals surface area contributed by atoms with Crippen molar-refractivity contribution in [1.29, 1.82) is 0 Å². The lowest BCUT2D eigenvalue weighted by molar-refractivity contribution is 0.0245. The van der Waals surface area contributed by atoms with Gasteiger partial charge in [0.1, 0.15) is 0 Å². The van der Waals surface area contributed by atoms with Crippen LogP contribution in [0, 0.1) is 0 Å². The summed E-state index contributed by atoms with van der Waals surface area (Å²) in [7, 11) is 0. The molecule has 0 spiro atoms. The Morgan fingerprint density at radius 3 is 3.08 bits per heavy atom. The van der Waals surface area contributed by atoms with Crippen LogP contribution in [0.25, 0.3) is 0 Å². The van der Waals surface area contributed by atoms with Gasteiger partial charge in [0.15, 0.2) is 0 Å². The van der Waals surface area contributed by atoms with Crippen LogP contribution in [-0.4, -0.2) is 18.2 Å². The largest absolute Gasteiger partial charge is 0.385 e. The summed E-state index contributed by atoms with van der Waals surface area (Å²) in [5.74, 6) is 0. The van der Waals surface area contributed by atoms with Crippen LogP contribution in [0.1, 0.15) is 24.8 Å². The third-order valence-corrected chi connectivity index (χ3v) is 3.40. The molecule has 13 heavy (non-hydrogen) atoms. The van der Waals surface area contributed by atoms with E-state index in [4.69, 9.17) is 0 Å². The van der Waals surface area contributed by atoms with E-state index in [9.17, 15) is 5.11 Å². The SMILES string of the molecule is OC1(c2ccsc2)CCCNCC1. The van der Waals surface area contributed by atoms with Gasteiger partial charge in [0.2, 0.25) is 0 Å². The zero-order valence-corrected chi connectivity index (χ0v) is 8.44. The van der Waals surface area contributed by atoms with E-state index in [0.29, 0.717) is 0 Å². The first-order valence-corrected chi connectivity index (χ1v) is 5.71. The molecule has 1 aromatic heterocycles. The summed E-state index contributed by atoms with van der Waals surface area (Å²) in [6.07, 6.45) is 2.78. The standard InChI is InChI=1S/C10H15NOS/c12-10(9-2-7-13-8-9)3-1-5-11-6-4-10/h2,7-8,11-12H,1,3-6H2. The van der Waals surface area contributed by atoms with Crippen LogP contribution < -0.4 is 5.32 Å². The Balaban J connectivity index is 2.17. The highest BCUT2D eigenvalue weighted by Crippen LogP contribution is 2.32. The molecule has 0 aromatic carbocycles. The summed E-state index contributed by atoms with van der Waals surface area (Å²) in [4.78, 5) is 0. The first kappa shape index (κ1) is 9.19. The monoisotopic (exact) mass is 197 g/mol. The van der Waals surface area contributed by atoms with E-state index in [0.717, 1.165) is 37.9 Å². The summed E-state index contributed by atoms with van der Waals surface area (Å²) >= 11 is 1.66. The molecule has 72 valence electrons. The lowest BCUT2D eigenvalue weighted by atomic mass is 9.89. The van der Waals surface area contributed by atoms with E-state index in [1.807, 2.05) is 11.4 Å². The zero-order chi connectivity index (χ0) is 9.15. The van der Waals surface area contributed by atoms with Crippen molar-refractivity contribution < 1.29 is 5.11 Å². The van der Waals surface area contributed by atoms with Gasteiger partial charge in [-0.1, -0.05) is 0 Å². The number of hydrogen-bond donors (Lipinski definition) is 2. The number of nitrogens with one attached hydrogen (secondary N) is 1. The molecule has 1 aromatic rings. The van der Waals surface area contributed by atoms with Gasteiger partial charge < -0.3 is 10.4 Å². The molecule has 0 saturated carbocycles. The number of hydrogen-bond acceptors (Lipinski definition) is 3. The van der Waals surface area contributed by atoms with Crippen molar-refractivity contribution in [3.63, 3.8) is 0 Å². The van der Waals surface area contributed by atoms with E-state index >= 15 is 0 Å². The Labute approximate surface area is 82.6 Å². The highest BCUT2D eigenvalue weighted by Gasteiger charge is 2.29. The van der Waals surface area contributed by atoms with Gasteiger partial charge in [0.25, 0.3) is 0 Å². The number of rotatable bonds is 1. The van der Waals surface area contributed by atoms with Crippen LogP contribution in [0.3, 0.4) is 0 Å². The second-order valence-electron chi connectivity index (χ2n) is 3.65. The maximum absolute atomic E-state index is 10.4. The third kappa shape index (κ3) is 1.93. The molecule has 2 nitrogen and oxygen atoms in total. The zero-order valence-electron chi connectivity index (χ0n) is 7.62. The van der Waals surface area contributed by atoms with Crippen molar-refractivity contribution in [2.75, 3.05) is 13.1 Å². The van der Waals surface area contributed by atoms with Crippen molar-refractivity contribution in [3.05, 3.63) is 22.4 Å². The van der Waals surface area contributed by atoms with Crippen molar-refractivity contribution in [3.8, 4) is 0 Å². The number of thiophene rings is 1. The second kappa shape index (κ2) is 3.78. The molecule has 2 N–H and O–H groups in total. The average molecular weight is 197 g/mol. The van der Waals surface area contributed by atoms with Gasteiger partial charge in [-0.3, -0.25) is 0 Å². The maximum atomic E-state index is 10.4. The van der Waals surface area contributed by atoms with Gasteiger partial charge in [-0.25, -0.2) is 0 Å². The second-order valence-corrected chi connectivity index (χ2v) is 4.43. The van der Waals surface area contributed by atoms with Crippen LogP contribution in [0.15, 0.2) is 16.8 Å². The minimum Gasteiger partial charge on any atom is -0.385 e. The van der Waals surface area contributed by atoms with E-state index in [-0.39, 0.29) is 0 Å². The van der Waals surface area contributed by atoms with Crippen molar-refractivity contribution >= 4 is 11.3 Å². The third-order valence-electron chi connectivity index (χ3n) is 2.72. The first-order chi connectivity index (χ1) is 6.31. The lowest BCUT2D eigenvalue weighted by Gasteiger charge is -2.25. The lowest BCUT2D eigenvalue weighted by Crippen LogP contribution is -2.26.